The van der Waals surface area contributed by atoms with E-state index in [1.807, 2.05) is 72.9 Å². The summed E-state index contributed by atoms with van der Waals surface area (Å²) in [6, 6.07) is 40.2. The fourth-order valence-corrected chi connectivity index (χ4v) is 6.29. The highest BCUT2D eigenvalue weighted by Crippen LogP contribution is 2.42. The molecule has 1 saturated heterocycles. The van der Waals surface area contributed by atoms with Gasteiger partial charge in [0.1, 0.15) is 0 Å². The molecule has 1 aliphatic rings. The molecule has 1 aliphatic heterocycles. The number of amides is 2. The highest BCUT2D eigenvalue weighted by Gasteiger charge is 2.38. The van der Waals surface area contributed by atoms with Crippen molar-refractivity contribution in [3.8, 4) is 11.1 Å². The van der Waals surface area contributed by atoms with Crippen molar-refractivity contribution in [2.24, 2.45) is 5.92 Å². The van der Waals surface area contributed by atoms with Gasteiger partial charge in [-0.3, -0.25) is 4.98 Å². The van der Waals surface area contributed by atoms with Crippen LogP contribution in [0, 0.1) is 5.92 Å². The van der Waals surface area contributed by atoms with E-state index in [1.54, 1.807) is 0 Å². The van der Waals surface area contributed by atoms with Crippen molar-refractivity contribution >= 4 is 6.03 Å². The predicted octanol–water partition coefficient (Wildman–Crippen LogP) is 7.21. The van der Waals surface area contributed by atoms with E-state index in [0.717, 1.165) is 64.1 Å². The topological polar surface area (TPSA) is 96.0 Å². The lowest BCUT2D eigenvalue weighted by atomic mass is 9.90. The van der Waals surface area contributed by atoms with Crippen LogP contribution in [-0.2, 0) is 35.6 Å². The highest BCUT2D eigenvalue weighted by molar-refractivity contribution is 5.74. The number of aromatic nitrogens is 1. The summed E-state index contributed by atoms with van der Waals surface area (Å²) in [6.07, 6.45) is 1.92. The third-order valence-corrected chi connectivity index (χ3v) is 9.28. The second-order valence-electron chi connectivity index (χ2n) is 13.0. The molecule has 4 aromatic carbocycles. The lowest BCUT2D eigenvalue weighted by molar-refractivity contribution is -0.275. The molecule has 5 aromatic rings. The van der Waals surface area contributed by atoms with Crippen molar-refractivity contribution in [2.45, 2.75) is 51.5 Å². The summed E-state index contributed by atoms with van der Waals surface area (Å²) in [6.45, 7) is 4.72. The zero-order valence-electron chi connectivity index (χ0n) is 28.7. The molecule has 0 radical (unpaired) electrons. The summed E-state index contributed by atoms with van der Waals surface area (Å²) in [7, 11) is 2.13. The fraction of sp³-hybridized carbons (Fsp3) is 0.286. The average molecular weight is 671 g/mol. The highest BCUT2D eigenvalue weighted by atomic mass is 16.7. The quantitative estimate of drug-likeness (QED) is 0.123. The van der Waals surface area contributed by atoms with Gasteiger partial charge in [-0.15, -0.1) is 0 Å². The molecule has 50 heavy (non-hydrogen) atoms. The Hall–Kier alpha value is -4.86. The minimum atomic E-state index is -0.540. The molecule has 6 rings (SSSR count). The van der Waals surface area contributed by atoms with Crippen molar-refractivity contribution in [1.82, 2.24) is 20.5 Å². The van der Waals surface area contributed by atoms with E-state index < -0.39 is 6.29 Å². The lowest BCUT2D eigenvalue weighted by Gasteiger charge is -2.42. The van der Waals surface area contributed by atoms with Crippen LogP contribution in [-0.4, -0.2) is 47.3 Å². The first-order valence-corrected chi connectivity index (χ1v) is 17.3. The van der Waals surface area contributed by atoms with E-state index >= 15 is 0 Å². The molecule has 3 N–H and O–H groups in total. The summed E-state index contributed by atoms with van der Waals surface area (Å²) in [5.41, 5.74) is 8.16. The Morgan fingerprint density at radius 2 is 1.46 bits per heavy atom. The first-order chi connectivity index (χ1) is 24.4. The number of likely N-dealkylation sites (N-methyl/N-ethyl adjacent to an activating group) is 1. The van der Waals surface area contributed by atoms with E-state index in [9.17, 15) is 9.90 Å². The van der Waals surface area contributed by atoms with Gasteiger partial charge in [0.05, 0.1) is 18.8 Å². The van der Waals surface area contributed by atoms with Crippen LogP contribution >= 0.6 is 0 Å². The van der Waals surface area contributed by atoms with Gasteiger partial charge in [0, 0.05) is 56.0 Å². The number of aliphatic hydroxyl groups is 1. The molecular weight excluding hydrogens is 624 g/mol. The maximum Gasteiger partial charge on any atom is 0.315 e. The van der Waals surface area contributed by atoms with Crippen LogP contribution in [0.1, 0.15) is 52.8 Å². The Balaban J connectivity index is 1.12. The van der Waals surface area contributed by atoms with Crippen molar-refractivity contribution in [1.29, 1.82) is 0 Å². The number of rotatable bonds is 13. The predicted molar refractivity (Wildman–Crippen MR) is 196 cm³/mol. The van der Waals surface area contributed by atoms with Crippen LogP contribution in [0.2, 0.25) is 0 Å². The van der Waals surface area contributed by atoms with Crippen LogP contribution in [0.4, 0.5) is 4.79 Å². The van der Waals surface area contributed by atoms with Gasteiger partial charge in [0.2, 0.25) is 0 Å². The third kappa shape index (κ3) is 9.43. The Bertz CT molecular complexity index is 1790. The first kappa shape index (κ1) is 35.0. The van der Waals surface area contributed by atoms with Crippen molar-refractivity contribution < 1.29 is 19.4 Å². The summed E-state index contributed by atoms with van der Waals surface area (Å²) in [5, 5.41) is 15.5. The number of hydrogen-bond acceptors (Lipinski definition) is 6. The van der Waals surface area contributed by atoms with Gasteiger partial charge < -0.3 is 30.1 Å². The molecule has 0 bridgehead atoms. The van der Waals surface area contributed by atoms with Crippen molar-refractivity contribution in [3.05, 3.63) is 161 Å². The van der Waals surface area contributed by atoms with Gasteiger partial charge in [0.25, 0.3) is 0 Å². The molecule has 2 amide bonds. The number of nitrogens with zero attached hydrogens (tertiary/aromatic N) is 2. The third-order valence-electron chi connectivity index (χ3n) is 9.28. The molecule has 0 unspecified atom stereocenters. The monoisotopic (exact) mass is 670 g/mol. The smallest absolute Gasteiger partial charge is 0.315 e. The van der Waals surface area contributed by atoms with Crippen LogP contribution < -0.4 is 10.6 Å². The molecule has 2 heterocycles. The van der Waals surface area contributed by atoms with E-state index in [-0.39, 0.29) is 30.8 Å². The van der Waals surface area contributed by atoms with Gasteiger partial charge in [-0.2, -0.15) is 0 Å². The van der Waals surface area contributed by atoms with Crippen LogP contribution in [0.5, 0.6) is 0 Å². The molecule has 8 heteroatoms. The van der Waals surface area contributed by atoms with Crippen LogP contribution in [0.3, 0.4) is 0 Å². The number of aliphatic hydroxyl groups excluding tert-OH is 1. The second kappa shape index (κ2) is 17.2. The van der Waals surface area contributed by atoms with Gasteiger partial charge in [-0.25, -0.2) is 4.79 Å². The molecule has 0 spiro atoms. The molecule has 4 atom stereocenters. The van der Waals surface area contributed by atoms with Gasteiger partial charge >= 0.3 is 6.03 Å². The second-order valence-corrected chi connectivity index (χ2v) is 13.0. The Kier molecular flexibility index (Phi) is 12.0. The molecule has 1 fully saturated rings. The number of ether oxygens (including phenoxy) is 2. The maximum atomic E-state index is 12.4. The molecular formula is C42H46N4O4. The Morgan fingerprint density at radius 3 is 2.18 bits per heavy atom. The van der Waals surface area contributed by atoms with Gasteiger partial charge in [-0.1, -0.05) is 110 Å². The van der Waals surface area contributed by atoms with Crippen molar-refractivity contribution in [2.75, 3.05) is 20.1 Å². The molecule has 258 valence electrons. The lowest BCUT2D eigenvalue weighted by Crippen LogP contribution is -2.43. The normalized spacial score (nSPS) is 18.9. The first-order valence-electron chi connectivity index (χ1n) is 17.3. The molecule has 0 aliphatic carbocycles. The number of carbonyl (C=O) groups is 1. The Labute approximate surface area is 295 Å². The summed E-state index contributed by atoms with van der Waals surface area (Å²) in [4.78, 5) is 19.2. The number of pyridine rings is 1. The standard InChI is InChI=1S/C42H46N4O4/c1-30-39(28-46(2)24-22-38-13-6-7-23-43-38)49-41(50-40(30)35-16-14-32(29-47)15-17-35)36-20-18-34(19-21-36)37-12-8-11-33(25-37)27-45-42(48)44-26-31-9-4-3-5-10-31/h3-21,23,25,30,39-41,47H,22,24,26-29H2,1-2H3,(H2,44,45,48)/t30-,39+,40+,41+/m1/s1. The van der Waals surface area contributed by atoms with Crippen LogP contribution in [0.25, 0.3) is 11.1 Å². The summed E-state index contributed by atoms with van der Waals surface area (Å²) >= 11 is 0. The van der Waals surface area contributed by atoms with Gasteiger partial charge in [-0.05, 0) is 58.6 Å². The van der Waals surface area contributed by atoms with E-state index in [0.29, 0.717) is 13.1 Å². The summed E-state index contributed by atoms with van der Waals surface area (Å²) < 4.78 is 13.4. The number of hydrogen-bond donors (Lipinski definition) is 3. The Morgan fingerprint density at radius 1 is 0.760 bits per heavy atom. The number of urea groups is 1. The SMILES string of the molecule is C[C@@H]1[C@H](CN(C)CCc2ccccn2)O[C@H](c2ccc(-c3cccc(CNC(=O)NCc4ccccc4)c3)cc2)O[C@@H]1c1ccc(CO)cc1. The fourth-order valence-electron chi connectivity index (χ4n) is 6.29. The minimum absolute atomic E-state index is 0.00659. The van der Waals surface area contributed by atoms with Gasteiger partial charge in [0.15, 0.2) is 6.29 Å². The number of nitrogens with one attached hydrogen (secondary N) is 2. The molecule has 1 aromatic heterocycles. The largest absolute Gasteiger partial charge is 0.392 e. The average Bonchev–Trinajstić information content (AvgIpc) is 3.17. The van der Waals surface area contributed by atoms with E-state index in [4.69, 9.17) is 9.47 Å². The number of carbonyl (C=O) groups excluding carboxylic acids is 1. The minimum Gasteiger partial charge on any atom is -0.392 e. The molecule has 0 saturated carbocycles. The zero-order chi connectivity index (χ0) is 34.7. The van der Waals surface area contributed by atoms with Crippen molar-refractivity contribution in [3.63, 3.8) is 0 Å². The van der Waals surface area contributed by atoms with E-state index in [2.05, 4.69) is 89.1 Å². The summed E-state index contributed by atoms with van der Waals surface area (Å²) in [5.74, 6) is 0.0968. The number of benzene rings is 4. The van der Waals surface area contributed by atoms with E-state index in [1.165, 1.54) is 0 Å². The van der Waals surface area contributed by atoms with Crippen LogP contribution in [0.15, 0.2) is 128 Å². The molecule has 8 nitrogen and oxygen atoms in total. The maximum absolute atomic E-state index is 12.4. The zero-order valence-corrected chi connectivity index (χ0v) is 28.7.